The maximum atomic E-state index is 7.62. The molecule has 2 aliphatic heterocycles. The van der Waals surface area contributed by atoms with Crippen LogP contribution in [0.2, 0.25) is 0 Å². The third-order valence-corrected chi connectivity index (χ3v) is 19.0. The lowest BCUT2D eigenvalue weighted by Gasteiger charge is -2.54. The lowest BCUT2D eigenvalue weighted by atomic mass is 9.54. The van der Waals surface area contributed by atoms with E-state index in [4.69, 9.17) is 4.74 Å². The molecule has 51 heavy (non-hydrogen) atoms. The third kappa shape index (κ3) is 7.09. The Balaban J connectivity index is 0.831. The molecule has 4 nitrogen and oxygen atoms in total. The Bertz CT molecular complexity index is 1100. The van der Waals surface area contributed by atoms with Crippen LogP contribution in [-0.4, -0.2) is 30.7 Å². The lowest BCUT2D eigenvalue weighted by molar-refractivity contribution is -0.0840. The van der Waals surface area contributed by atoms with Crippen LogP contribution in [0.4, 0.5) is 0 Å². The molecule has 0 radical (unpaired) electrons. The molecule has 2 saturated heterocycles. The molecule has 10 aliphatic rings. The molecule has 0 aromatic heterocycles. The van der Waals surface area contributed by atoms with E-state index >= 15 is 0 Å². The maximum absolute atomic E-state index is 7.62. The summed E-state index contributed by atoms with van der Waals surface area (Å²) in [5, 5.41) is 13.0. The summed E-state index contributed by atoms with van der Waals surface area (Å²) >= 11 is 0. The summed E-state index contributed by atoms with van der Waals surface area (Å²) in [4.78, 5) is 0. The molecule has 8 aliphatic carbocycles. The van der Waals surface area contributed by atoms with Crippen molar-refractivity contribution in [3.05, 3.63) is 0 Å². The fraction of sp³-hybridized carbons (Fsp3) is 1.00. The van der Waals surface area contributed by atoms with Gasteiger partial charge >= 0.3 is 0 Å². The molecular weight excluding hydrogens is 623 g/mol. The Morgan fingerprint density at radius 1 is 0.294 bits per heavy atom. The summed E-state index contributed by atoms with van der Waals surface area (Å²) in [6.45, 7) is 0. The van der Waals surface area contributed by atoms with E-state index in [9.17, 15) is 0 Å². The summed E-state index contributed by atoms with van der Waals surface area (Å²) in [6, 6.07) is 0. The Kier molecular flexibility index (Phi) is 10.9. The van der Waals surface area contributed by atoms with Crippen LogP contribution in [0, 0.1) is 76.9 Å². The van der Waals surface area contributed by atoms with Crippen LogP contribution in [-0.2, 0) is 4.74 Å². The summed E-state index contributed by atoms with van der Waals surface area (Å²) in [5.41, 5.74) is 0. The van der Waals surface area contributed by atoms with E-state index < -0.39 is 0 Å². The lowest BCUT2D eigenvalue weighted by Crippen LogP contribution is -2.73. The average Bonchev–Trinajstić information content (AvgIpc) is 3.60. The maximum Gasteiger partial charge on any atom is 0.0641 e. The molecule has 0 spiro atoms. The predicted octanol–water partition coefficient (Wildman–Crippen LogP) is 10.9. The molecule has 0 amide bonds. The molecule has 10 fully saturated rings. The zero-order valence-electron chi connectivity index (χ0n) is 32.8. The molecule has 0 aromatic carbocycles. The first-order valence-electron chi connectivity index (χ1n) is 24.2. The molecule has 3 N–H and O–H groups in total. The Morgan fingerprint density at radius 2 is 0.765 bits per heavy atom. The molecule has 2 heterocycles. The van der Waals surface area contributed by atoms with Crippen LogP contribution in [0.3, 0.4) is 0 Å². The normalized spacial score (nSPS) is 51.5. The highest BCUT2D eigenvalue weighted by atomic mass is 16.5. The summed E-state index contributed by atoms with van der Waals surface area (Å²) < 4.78 is 7.62. The third-order valence-electron chi connectivity index (χ3n) is 19.0. The number of hydrogen-bond donors (Lipinski definition) is 3. The highest BCUT2D eigenvalue weighted by Crippen LogP contribution is 2.60. The first-order valence-corrected chi connectivity index (χ1v) is 24.2. The number of rotatable bonds is 5. The van der Waals surface area contributed by atoms with Gasteiger partial charge in [-0.3, -0.25) is 16.0 Å². The topological polar surface area (TPSA) is 45.3 Å². The van der Waals surface area contributed by atoms with E-state index in [2.05, 4.69) is 16.0 Å². The van der Waals surface area contributed by atoms with E-state index in [-0.39, 0.29) is 0 Å². The van der Waals surface area contributed by atoms with Gasteiger partial charge in [-0.1, -0.05) is 83.5 Å². The number of hydrogen-bond acceptors (Lipinski definition) is 4. The average molecular weight is 702 g/mol. The molecule has 8 saturated carbocycles. The fourth-order valence-corrected chi connectivity index (χ4v) is 16.6. The van der Waals surface area contributed by atoms with Crippen molar-refractivity contribution in [3.63, 3.8) is 0 Å². The van der Waals surface area contributed by atoms with Crippen LogP contribution in [0.5, 0.6) is 0 Å². The molecule has 0 aromatic rings. The van der Waals surface area contributed by atoms with Gasteiger partial charge in [-0.2, -0.15) is 0 Å². The minimum Gasteiger partial charge on any atom is -0.374 e. The van der Waals surface area contributed by atoms with Gasteiger partial charge in [-0.25, -0.2) is 0 Å². The highest BCUT2D eigenvalue weighted by Gasteiger charge is 2.59. The van der Waals surface area contributed by atoms with E-state index in [1.807, 2.05) is 0 Å². The smallest absolute Gasteiger partial charge is 0.0641 e. The largest absolute Gasteiger partial charge is 0.374 e. The van der Waals surface area contributed by atoms with E-state index in [0.29, 0.717) is 30.7 Å². The molecular formula is C47H79N3O. The predicted molar refractivity (Wildman–Crippen MR) is 209 cm³/mol. The van der Waals surface area contributed by atoms with Gasteiger partial charge in [0, 0.05) is 0 Å². The minimum absolute atomic E-state index is 0.470. The van der Waals surface area contributed by atoms with Crippen LogP contribution >= 0.6 is 0 Å². The van der Waals surface area contributed by atoms with Crippen LogP contribution in [0.15, 0.2) is 0 Å². The van der Waals surface area contributed by atoms with Crippen LogP contribution < -0.4 is 16.0 Å². The van der Waals surface area contributed by atoms with Crippen molar-refractivity contribution in [1.82, 2.24) is 16.0 Å². The van der Waals surface area contributed by atoms with Crippen molar-refractivity contribution in [2.24, 2.45) is 76.9 Å². The van der Waals surface area contributed by atoms with Gasteiger partial charge < -0.3 is 4.74 Å². The molecule has 0 bridgehead atoms. The molecule has 13 unspecified atom stereocenters. The second kappa shape index (κ2) is 15.8. The van der Waals surface area contributed by atoms with Crippen LogP contribution in [0.1, 0.15) is 186 Å². The van der Waals surface area contributed by atoms with Gasteiger partial charge in [0.2, 0.25) is 0 Å². The van der Waals surface area contributed by atoms with Gasteiger partial charge in [-0.05, 0) is 180 Å². The number of nitrogens with one attached hydrogen (secondary N) is 3. The summed E-state index contributed by atoms with van der Waals surface area (Å²) in [6.07, 6.45) is 45.8. The van der Waals surface area contributed by atoms with Gasteiger partial charge in [0.05, 0.1) is 30.7 Å². The van der Waals surface area contributed by atoms with Gasteiger partial charge in [0.1, 0.15) is 0 Å². The second-order valence-corrected chi connectivity index (χ2v) is 21.3. The Morgan fingerprint density at radius 3 is 1.47 bits per heavy atom. The zero-order chi connectivity index (χ0) is 33.7. The van der Waals surface area contributed by atoms with E-state index in [1.165, 1.54) is 141 Å². The van der Waals surface area contributed by atoms with Crippen molar-refractivity contribution in [3.8, 4) is 0 Å². The fourth-order valence-electron chi connectivity index (χ4n) is 16.6. The first kappa shape index (κ1) is 35.3. The van der Waals surface area contributed by atoms with Crippen LogP contribution in [0.25, 0.3) is 0 Å². The Hall–Kier alpha value is -0.160. The van der Waals surface area contributed by atoms with Gasteiger partial charge in [-0.15, -0.1) is 0 Å². The first-order chi connectivity index (χ1) is 25.3. The Labute approximate surface area is 313 Å². The van der Waals surface area contributed by atoms with Crippen molar-refractivity contribution in [2.75, 3.05) is 0 Å². The van der Waals surface area contributed by atoms with E-state index in [1.54, 1.807) is 44.9 Å². The standard InChI is InChI=1S/C47H79N3O/c1-3-13-33(14-4-1)45-48-46(34-15-5-2-6-16-34)50-47(49-45)41-29-42-43(39-19-10-9-18-38(39)41)40-21-11-20-37(44(40)51-42)32-25-22-31(23-26-32)36-27-24-30-12-7-8-17-35(30)28-36/h30-50H,1-29H2. The van der Waals surface area contributed by atoms with Crippen molar-refractivity contribution in [1.29, 1.82) is 0 Å². The zero-order valence-corrected chi connectivity index (χ0v) is 32.8. The van der Waals surface area contributed by atoms with Crippen molar-refractivity contribution >= 4 is 0 Å². The number of fused-ring (bicyclic) bond motifs is 6. The second-order valence-electron chi connectivity index (χ2n) is 21.3. The molecule has 288 valence electrons. The molecule has 13 atom stereocenters. The molecule has 10 rings (SSSR count). The minimum atomic E-state index is 0.470. The molecule has 4 heteroatoms. The summed E-state index contributed by atoms with van der Waals surface area (Å²) in [7, 11) is 0. The quantitative estimate of drug-likeness (QED) is 0.267. The SMILES string of the molecule is C1CCC(C2NC(C3CCCCC3)NC(C3CC4OC5C(C6CCC(C7CCC8CCCCC8C7)CC6)CCCC5C4C4CCCCC34)N2)CC1. The highest BCUT2D eigenvalue weighted by molar-refractivity contribution is 5.08. The van der Waals surface area contributed by atoms with Gasteiger partial charge in [0.25, 0.3) is 0 Å². The number of ether oxygens (including phenoxy) is 1. The van der Waals surface area contributed by atoms with Crippen molar-refractivity contribution < 1.29 is 4.74 Å². The van der Waals surface area contributed by atoms with E-state index in [0.717, 1.165) is 76.9 Å². The van der Waals surface area contributed by atoms with Gasteiger partial charge in [0.15, 0.2) is 0 Å². The summed E-state index contributed by atoms with van der Waals surface area (Å²) in [5.74, 6) is 12.1. The van der Waals surface area contributed by atoms with Crippen molar-refractivity contribution in [2.45, 2.75) is 217 Å². The monoisotopic (exact) mass is 702 g/mol.